The second kappa shape index (κ2) is 7.30. The van der Waals surface area contributed by atoms with Crippen molar-refractivity contribution in [1.82, 2.24) is 0 Å². The Balaban J connectivity index is 2.17. The number of halogens is 1. The van der Waals surface area contributed by atoms with Gasteiger partial charge in [0.1, 0.15) is 12.4 Å². The third-order valence-electron chi connectivity index (χ3n) is 1.98. The van der Waals surface area contributed by atoms with E-state index in [1.165, 1.54) is 0 Å². The molecule has 0 aliphatic rings. The number of carbonyl (C=O) groups excluding carboxylic acids is 1. The molecule has 0 saturated heterocycles. The summed E-state index contributed by atoms with van der Waals surface area (Å²) >= 11 is 5.52. The van der Waals surface area contributed by atoms with Crippen LogP contribution in [0.4, 0.5) is 0 Å². The van der Waals surface area contributed by atoms with Crippen molar-refractivity contribution in [3.8, 4) is 5.75 Å². The maximum atomic E-state index is 11.3. The van der Waals surface area contributed by atoms with E-state index in [2.05, 4.69) is 0 Å². The van der Waals surface area contributed by atoms with Gasteiger partial charge in [-0.1, -0.05) is 18.2 Å². The molecule has 0 aromatic heterocycles. The van der Waals surface area contributed by atoms with Crippen molar-refractivity contribution in [3.63, 3.8) is 0 Å². The van der Waals surface area contributed by atoms with Crippen molar-refractivity contribution in [2.75, 3.05) is 12.5 Å². The van der Waals surface area contributed by atoms with Crippen LogP contribution >= 0.6 is 11.6 Å². The second-order valence-electron chi connectivity index (χ2n) is 3.29. The summed E-state index contributed by atoms with van der Waals surface area (Å²) in [5.41, 5.74) is 0. The van der Waals surface area contributed by atoms with E-state index in [-0.39, 0.29) is 12.4 Å². The van der Waals surface area contributed by atoms with E-state index in [9.17, 15) is 4.79 Å². The van der Waals surface area contributed by atoms with Crippen LogP contribution in [-0.4, -0.2) is 18.3 Å². The number of hydrogen-bond acceptors (Lipinski definition) is 2. The van der Waals surface area contributed by atoms with Crippen LogP contribution in [0.5, 0.6) is 5.75 Å². The number of rotatable bonds is 7. The smallest absolute Gasteiger partial charge is 0.170 e. The molecule has 1 aromatic carbocycles. The predicted molar refractivity (Wildman–Crippen MR) is 61.5 cm³/mol. The minimum atomic E-state index is 0.129. The molecule has 1 aromatic rings. The van der Waals surface area contributed by atoms with Gasteiger partial charge in [0.25, 0.3) is 0 Å². The Kier molecular flexibility index (Phi) is 5.86. The lowest BCUT2D eigenvalue weighted by Gasteiger charge is -2.04. The highest BCUT2D eigenvalue weighted by molar-refractivity contribution is 6.17. The van der Waals surface area contributed by atoms with Crippen molar-refractivity contribution in [3.05, 3.63) is 30.3 Å². The molecule has 0 N–H and O–H groups in total. The van der Waals surface area contributed by atoms with Gasteiger partial charge >= 0.3 is 0 Å². The van der Waals surface area contributed by atoms with Crippen LogP contribution in [-0.2, 0) is 4.79 Å². The van der Waals surface area contributed by atoms with Crippen LogP contribution in [0.2, 0.25) is 0 Å². The molecule has 0 fully saturated rings. The number of benzene rings is 1. The fourth-order valence-electron chi connectivity index (χ4n) is 1.17. The van der Waals surface area contributed by atoms with Gasteiger partial charge in [-0.05, 0) is 25.0 Å². The molecule has 1 rings (SSSR count). The van der Waals surface area contributed by atoms with E-state index in [0.29, 0.717) is 12.3 Å². The standard InChI is InChI=1S/C12H15ClO2/c13-9-5-4-6-11(14)10-15-12-7-2-1-3-8-12/h1-3,7-8H,4-6,9-10H2. The summed E-state index contributed by atoms with van der Waals surface area (Å²) in [7, 11) is 0. The first-order valence-corrected chi connectivity index (χ1v) is 5.62. The van der Waals surface area contributed by atoms with Crippen LogP contribution in [0.25, 0.3) is 0 Å². The van der Waals surface area contributed by atoms with Gasteiger partial charge in [-0.25, -0.2) is 0 Å². The summed E-state index contributed by atoms with van der Waals surface area (Å²) in [6.07, 6.45) is 2.29. The Hall–Kier alpha value is -1.02. The lowest BCUT2D eigenvalue weighted by Crippen LogP contribution is -2.10. The largest absolute Gasteiger partial charge is 0.486 e. The van der Waals surface area contributed by atoms with Gasteiger partial charge in [-0.2, -0.15) is 0 Å². The van der Waals surface area contributed by atoms with E-state index in [1.807, 2.05) is 30.3 Å². The van der Waals surface area contributed by atoms with E-state index >= 15 is 0 Å². The zero-order valence-corrected chi connectivity index (χ0v) is 9.37. The molecule has 0 aliphatic heterocycles. The van der Waals surface area contributed by atoms with Crippen LogP contribution in [0.1, 0.15) is 19.3 Å². The summed E-state index contributed by atoms with van der Waals surface area (Å²) in [5.74, 6) is 1.49. The van der Waals surface area contributed by atoms with Gasteiger partial charge in [0.05, 0.1) is 0 Å². The number of ether oxygens (including phenoxy) is 1. The number of para-hydroxylation sites is 1. The van der Waals surface area contributed by atoms with Gasteiger partial charge in [0.15, 0.2) is 5.78 Å². The number of unbranched alkanes of at least 4 members (excludes halogenated alkanes) is 1. The Morgan fingerprint density at radius 2 is 1.93 bits per heavy atom. The third-order valence-corrected chi connectivity index (χ3v) is 2.25. The molecule has 0 unspecified atom stereocenters. The minimum absolute atomic E-state index is 0.129. The molecule has 15 heavy (non-hydrogen) atoms. The van der Waals surface area contributed by atoms with Gasteiger partial charge in [0, 0.05) is 12.3 Å². The Labute approximate surface area is 95.2 Å². The van der Waals surface area contributed by atoms with Gasteiger partial charge in [0.2, 0.25) is 0 Å². The molecule has 0 bridgehead atoms. The van der Waals surface area contributed by atoms with Gasteiger partial charge < -0.3 is 4.74 Å². The van der Waals surface area contributed by atoms with Crippen molar-refractivity contribution in [2.24, 2.45) is 0 Å². The molecule has 0 amide bonds. The number of Topliss-reactive ketones (excluding diaryl/α,β-unsaturated/α-hetero) is 1. The first-order chi connectivity index (χ1) is 7.33. The topological polar surface area (TPSA) is 26.3 Å². The highest BCUT2D eigenvalue weighted by Gasteiger charge is 2.02. The van der Waals surface area contributed by atoms with Crippen molar-refractivity contribution in [1.29, 1.82) is 0 Å². The molecule has 0 radical (unpaired) electrons. The molecule has 2 nitrogen and oxygen atoms in total. The Morgan fingerprint density at radius 1 is 1.20 bits per heavy atom. The number of hydrogen-bond donors (Lipinski definition) is 0. The predicted octanol–water partition coefficient (Wildman–Crippen LogP) is 3.04. The highest BCUT2D eigenvalue weighted by Crippen LogP contribution is 2.08. The van der Waals surface area contributed by atoms with Crippen molar-refractivity contribution < 1.29 is 9.53 Å². The quantitative estimate of drug-likeness (QED) is 0.528. The first kappa shape index (κ1) is 12.1. The molecule has 0 spiro atoms. The van der Waals surface area contributed by atoms with Gasteiger partial charge in [-0.15, -0.1) is 11.6 Å². The molecular weight excluding hydrogens is 212 g/mol. The molecule has 0 heterocycles. The van der Waals surface area contributed by atoms with Crippen LogP contribution < -0.4 is 4.74 Å². The van der Waals surface area contributed by atoms with E-state index in [4.69, 9.17) is 16.3 Å². The number of carbonyl (C=O) groups is 1. The molecule has 3 heteroatoms. The average Bonchev–Trinajstić information content (AvgIpc) is 2.28. The van der Waals surface area contributed by atoms with Crippen molar-refractivity contribution >= 4 is 17.4 Å². The first-order valence-electron chi connectivity index (χ1n) is 5.08. The van der Waals surface area contributed by atoms with E-state index < -0.39 is 0 Å². The maximum absolute atomic E-state index is 11.3. The Bertz CT molecular complexity index is 285. The summed E-state index contributed by atoms with van der Waals surface area (Å²) in [5, 5.41) is 0. The van der Waals surface area contributed by atoms with E-state index in [0.717, 1.165) is 18.6 Å². The summed E-state index contributed by atoms with van der Waals surface area (Å²) in [4.78, 5) is 11.3. The third kappa shape index (κ3) is 5.43. The lowest BCUT2D eigenvalue weighted by molar-refractivity contribution is -0.121. The van der Waals surface area contributed by atoms with Gasteiger partial charge in [-0.3, -0.25) is 4.79 Å². The molecule has 0 atom stereocenters. The molecule has 82 valence electrons. The fourth-order valence-corrected chi connectivity index (χ4v) is 1.36. The van der Waals surface area contributed by atoms with Crippen LogP contribution in [0, 0.1) is 0 Å². The number of ketones is 1. The monoisotopic (exact) mass is 226 g/mol. The summed E-state index contributed by atoms with van der Waals surface area (Å²) in [6, 6.07) is 9.36. The lowest BCUT2D eigenvalue weighted by atomic mass is 10.2. The molecular formula is C12H15ClO2. The average molecular weight is 227 g/mol. The normalized spacial score (nSPS) is 9.93. The SMILES string of the molecule is O=C(CCCCCl)COc1ccccc1. The number of alkyl halides is 1. The minimum Gasteiger partial charge on any atom is -0.486 e. The Morgan fingerprint density at radius 3 is 2.60 bits per heavy atom. The maximum Gasteiger partial charge on any atom is 0.170 e. The zero-order valence-electron chi connectivity index (χ0n) is 8.62. The van der Waals surface area contributed by atoms with Crippen LogP contribution in [0.3, 0.4) is 0 Å². The van der Waals surface area contributed by atoms with Crippen molar-refractivity contribution in [2.45, 2.75) is 19.3 Å². The summed E-state index contributed by atoms with van der Waals surface area (Å²) < 4.78 is 5.32. The summed E-state index contributed by atoms with van der Waals surface area (Å²) in [6.45, 7) is 0.159. The van der Waals surface area contributed by atoms with Crippen LogP contribution in [0.15, 0.2) is 30.3 Å². The molecule has 0 saturated carbocycles. The zero-order chi connectivity index (χ0) is 10.9. The fraction of sp³-hybridized carbons (Fsp3) is 0.417. The van der Waals surface area contributed by atoms with E-state index in [1.54, 1.807) is 0 Å². The molecule has 0 aliphatic carbocycles. The highest BCUT2D eigenvalue weighted by atomic mass is 35.5. The second-order valence-corrected chi connectivity index (χ2v) is 3.66.